The van der Waals surface area contributed by atoms with Gasteiger partial charge in [-0.15, -0.1) is 0 Å². The lowest BCUT2D eigenvalue weighted by atomic mass is 10.3. The molecular weight excluding hydrogens is 182 g/mol. The van der Waals surface area contributed by atoms with Gasteiger partial charge >= 0.3 is 0 Å². The van der Waals surface area contributed by atoms with Crippen LogP contribution in [0.3, 0.4) is 0 Å². The lowest BCUT2D eigenvalue weighted by Crippen LogP contribution is -2.34. The third-order valence-corrected chi connectivity index (χ3v) is 1.61. The van der Waals surface area contributed by atoms with Gasteiger partial charge in [0.25, 0.3) is 0 Å². The van der Waals surface area contributed by atoms with E-state index in [4.69, 9.17) is 10.4 Å². The van der Waals surface area contributed by atoms with E-state index in [0.29, 0.717) is 13.0 Å². The average Bonchev–Trinajstić information content (AvgIpc) is 2.18. The lowest BCUT2D eigenvalue weighted by molar-refractivity contribution is -0.120. The number of rotatable bonds is 8. The van der Waals surface area contributed by atoms with Crippen molar-refractivity contribution >= 4 is 5.91 Å². The number of hydrogen-bond donors (Lipinski definition) is 3. The number of carbonyl (C=O) groups is 1. The van der Waals surface area contributed by atoms with Crippen LogP contribution in [0.2, 0.25) is 0 Å². The van der Waals surface area contributed by atoms with Crippen LogP contribution >= 0.6 is 0 Å². The molecule has 0 saturated carbocycles. The van der Waals surface area contributed by atoms with Crippen molar-refractivity contribution in [2.75, 3.05) is 26.2 Å². The molecule has 0 spiro atoms. The Kier molecular flexibility index (Phi) is 9.17. The number of hydrogen-bond acceptors (Lipinski definition) is 4. The Morgan fingerprint density at radius 2 is 2.14 bits per heavy atom. The first kappa shape index (κ1) is 12.9. The standard InChI is InChI=1S/C9H17N3O2/c10-4-3-6-12-9(14)8-11-5-1-2-7-13/h11,13H,1-3,5-8H2,(H,12,14). The molecule has 0 rings (SSSR count). The molecule has 0 aromatic heterocycles. The maximum Gasteiger partial charge on any atom is 0.233 e. The van der Waals surface area contributed by atoms with Gasteiger partial charge in [-0.3, -0.25) is 4.79 Å². The fourth-order valence-electron chi connectivity index (χ4n) is 0.884. The number of aliphatic hydroxyl groups is 1. The first-order valence-corrected chi connectivity index (χ1v) is 4.76. The molecule has 0 fully saturated rings. The molecule has 1 amide bonds. The van der Waals surface area contributed by atoms with E-state index in [-0.39, 0.29) is 19.1 Å². The highest BCUT2D eigenvalue weighted by atomic mass is 16.2. The van der Waals surface area contributed by atoms with Crippen molar-refractivity contribution in [1.82, 2.24) is 10.6 Å². The van der Waals surface area contributed by atoms with Crippen LogP contribution in [-0.2, 0) is 4.79 Å². The summed E-state index contributed by atoms with van der Waals surface area (Å²) >= 11 is 0. The van der Waals surface area contributed by atoms with Crippen molar-refractivity contribution in [3.8, 4) is 6.07 Å². The second kappa shape index (κ2) is 9.96. The maximum atomic E-state index is 11.0. The lowest BCUT2D eigenvalue weighted by Gasteiger charge is -2.04. The van der Waals surface area contributed by atoms with Gasteiger partial charge in [-0.2, -0.15) is 5.26 Å². The Morgan fingerprint density at radius 3 is 2.79 bits per heavy atom. The molecular formula is C9H17N3O2. The molecule has 0 atom stereocenters. The van der Waals surface area contributed by atoms with E-state index in [1.165, 1.54) is 0 Å². The average molecular weight is 199 g/mol. The Hall–Kier alpha value is -1.12. The van der Waals surface area contributed by atoms with Crippen LogP contribution in [0.5, 0.6) is 0 Å². The van der Waals surface area contributed by atoms with Crippen LogP contribution in [0.25, 0.3) is 0 Å². The summed E-state index contributed by atoms with van der Waals surface area (Å²) in [6, 6.07) is 1.94. The molecule has 0 radical (unpaired) electrons. The third-order valence-electron chi connectivity index (χ3n) is 1.61. The molecule has 5 heteroatoms. The van der Waals surface area contributed by atoms with E-state index in [0.717, 1.165) is 19.4 Å². The molecule has 0 aromatic carbocycles. The fraction of sp³-hybridized carbons (Fsp3) is 0.778. The summed E-state index contributed by atoms with van der Waals surface area (Å²) in [4.78, 5) is 11.0. The minimum absolute atomic E-state index is 0.0933. The monoisotopic (exact) mass is 199 g/mol. The molecule has 0 saturated heterocycles. The number of carbonyl (C=O) groups excluding carboxylic acids is 1. The quantitative estimate of drug-likeness (QED) is 0.455. The van der Waals surface area contributed by atoms with Crippen molar-refractivity contribution in [2.24, 2.45) is 0 Å². The number of nitriles is 1. The van der Waals surface area contributed by atoms with Gasteiger partial charge in [0.2, 0.25) is 5.91 Å². The van der Waals surface area contributed by atoms with Gasteiger partial charge in [-0.1, -0.05) is 0 Å². The number of nitrogens with one attached hydrogen (secondary N) is 2. The van der Waals surface area contributed by atoms with E-state index in [9.17, 15) is 4.79 Å². The number of unbranched alkanes of at least 4 members (excludes halogenated alkanes) is 1. The van der Waals surface area contributed by atoms with E-state index in [2.05, 4.69) is 10.6 Å². The predicted molar refractivity (Wildman–Crippen MR) is 52.4 cm³/mol. The minimum atomic E-state index is -0.0933. The SMILES string of the molecule is N#CCCNC(=O)CNCCCCO. The summed E-state index contributed by atoms with van der Waals surface area (Å²) in [6.07, 6.45) is 1.96. The van der Waals surface area contributed by atoms with Gasteiger partial charge in [0.05, 0.1) is 19.0 Å². The van der Waals surface area contributed by atoms with Crippen molar-refractivity contribution in [2.45, 2.75) is 19.3 Å². The number of nitrogens with zero attached hydrogens (tertiary/aromatic N) is 1. The van der Waals surface area contributed by atoms with E-state index in [1.54, 1.807) is 0 Å². The van der Waals surface area contributed by atoms with E-state index in [1.807, 2.05) is 6.07 Å². The van der Waals surface area contributed by atoms with Crippen molar-refractivity contribution in [3.05, 3.63) is 0 Å². The van der Waals surface area contributed by atoms with Crippen LogP contribution in [0.15, 0.2) is 0 Å². The summed E-state index contributed by atoms with van der Waals surface area (Å²) < 4.78 is 0. The molecule has 0 heterocycles. The van der Waals surface area contributed by atoms with E-state index < -0.39 is 0 Å². The molecule has 0 aromatic rings. The fourth-order valence-corrected chi connectivity index (χ4v) is 0.884. The normalized spacial score (nSPS) is 9.43. The minimum Gasteiger partial charge on any atom is -0.396 e. The largest absolute Gasteiger partial charge is 0.396 e. The summed E-state index contributed by atoms with van der Waals surface area (Å²) in [5, 5.41) is 22.2. The molecule has 0 unspecified atom stereocenters. The van der Waals surface area contributed by atoms with Crippen LogP contribution in [0, 0.1) is 11.3 Å². The zero-order valence-corrected chi connectivity index (χ0v) is 8.25. The first-order chi connectivity index (χ1) is 6.81. The van der Waals surface area contributed by atoms with Gasteiger partial charge in [-0.25, -0.2) is 0 Å². The molecule has 3 N–H and O–H groups in total. The van der Waals surface area contributed by atoms with Gasteiger partial charge in [0.1, 0.15) is 0 Å². The summed E-state index contributed by atoms with van der Waals surface area (Å²) in [6.45, 7) is 1.60. The zero-order chi connectivity index (χ0) is 10.6. The third kappa shape index (κ3) is 8.97. The van der Waals surface area contributed by atoms with Crippen LogP contribution in [-0.4, -0.2) is 37.3 Å². The number of aliphatic hydroxyl groups excluding tert-OH is 1. The van der Waals surface area contributed by atoms with Gasteiger partial charge in [0.15, 0.2) is 0 Å². The summed E-state index contributed by atoms with van der Waals surface area (Å²) in [5.41, 5.74) is 0. The van der Waals surface area contributed by atoms with Crippen molar-refractivity contribution in [1.29, 1.82) is 5.26 Å². The number of amides is 1. The summed E-state index contributed by atoms with van der Waals surface area (Å²) in [5.74, 6) is -0.0933. The van der Waals surface area contributed by atoms with E-state index >= 15 is 0 Å². The second-order valence-electron chi connectivity index (χ2n) is 2.87. The Bertz CT molecular complexity index is 189. The predicted octanol–water partition coefficient (Wildman–Crippen LogP) is -0.622. The topological polar surface area (TPSA) is 85.2 Å². The van der Waals surface area contributed by atoms with Crippen LogP contribution in [0.1, 0.15) is 19.3 Å². The Labute approximate surface area is 84.1 Å². The Balaban J connectivity index is 3.15. The molecule has 0 aliphatic heterocycles. The smallest absolute Gasteiger partial charge is 0.233 e. The van der Waals surface area contributed by atoms with Crippen molar-refractivity contribution in [3.63, 3.8) is 0 Å². The summed E-state index contributed by atoms with van der Waals surface area (Å²) in [7, 11) is 0. The maximum absolute atomic E-state index is 11.0. The zero-order valence-electron chi connectivity index (χ0n) is 8.25. The second-order valence-corrected chi connectivity index (χ2v) is 2.87. The molecule has 0 bridgehead atoms. The van der Waals surface area contributed by atoms with Gasteiger partial charge < -0.3 is 15.7 Å². The van der Waals surface area contributed by atoms with Crippen molar-refractivity contribution < 1.29 is 9.90 Å². The highest BCUT2D eigenvalue weighted by Crippen LogP contribution is 1.82. The van der Waals surface area contributed by atoms with Gasteiger partial charge in [0, 0.05) is 13.2 Å². The molecule has 80 valence electrons. The highest BCUT2D eigenvalue weighted by Gasteiger charge is 1.98. The van der Waals surface area contributed by atoms with Crippen LogP contribution < -0.4 is 10.6 Å². The molecule has 14 heavy (non-hydrogen) atoms. The van der Waals surface area contributed by atoms with Crippen LogP contribution in [0.4, 0.5) is 0 Å². The van der Waals surface area contributed by atoms with Gasteiger partial charge in [-0.05, 0) is 19.4 Å². The Morgan fingerprint density at radius 1 is 1.36 bits per heavy atom. The first-order valence-electron chi connectivity index (χ1n) is 4.76. The molecule has 0 aliphatic rings. The molecule has 5 nitrogen and oxygen atoms in total. The molecule has 0 aliphatic carbocycles. The highest BCUT2D eigenvalue weighted by molar-refractivity contribution is 5.77.